The van der Waals surface area contributed by atoms with Gasteiger partial charge in [-0.25, -0.2) is 0 Å². The third kappa shape index (κ3) is 6.56. The molecule has 1 rings (SSSR count). The van der Waals surface area contributed by atoms with Crippen LogP contribution < -0.4 is 0 Å². The molecule has 8 nitrogen and oxygen atoms in total. The molecule has 1 aliphatic heterocycles. The summed E-state index contributed by atoms with van der Waals surface area (Å²) in [5, 5.41) is 0. The summed E-state index contributed by atoms with van der Waals surface area (Å²) in [4.78, 5) is 43.1. The van der Waals surface area contributed by atoms with Crippen molar-refractivity contribution in [2.24, 2.45) is 0 Å². The van der Waals surface area contributed by atoms with Gasteiger partial charge in [0.15, 0.2) is 0 Å². The third-order valence-electron chi connectivity index (χ3n) is 2.54. The average molecular weight is 782 g/mol. The molecule has 0 atom stereocenters. The van der Waals surface area contributed by atoms with Crippen LogP contribution in [0.1, 0.15) is 0 Å². The lowest BCUT2D eigenvalue weighted by Gasteiger charge is -2.48. The largest absolute Gasteiger partial charge is 0.509 e. The van der Waals surface area contributed by atoms with Gasteiger partial charge in [0, 0.05) is 0 Å². The van der Waals surface area contributed by atoms with Gasteiger partial charge in [-0.2, -0.15) is 0 Å². The summed E-state index contributed by atoms with van der Waals surface area (Å²) in [6.45, 7) is 0. The second kappa shape index (κ2) is 9.40. The molecule has 1 heterocycles. The summed E-state index contributed by atoms with van der Waals surface area (Å²) in [5.41, 5.74) is -18.3. The molecule has 0 aromatic carbocycles. The van der Waals surface area contributed by atoms with Gasteiger partial charge in [-0.1, -0.05) is 0 Å². The lowest BCUT2D eigenvalue weighted by Crippen LogP contribution is -2.84. The van der Waals surface area contributed by atoms with Crippen molar-refractivity contribution in [3.8, 4) is 0 Å². The molecule has 0 saturated carbocycles. The molecular formula is H4Cl12O8Si8. The van der Waals surface area contributed by atoms with Crippen molar-refractivity contribution in [2.45, 2.75) is 0 Å². The van der Waals surface area contributed by atoms with Gasteiger partial charge in [-0.05, 0) is 0 Å². The fourth-order valence-corrected chi connectivity index (χ4v) is 60.1. The first-order chi connectivity index (χ1) is 11.8. The Morgan fingerprint density at radius 1 is 0.357 bits per heavy atom. The van der Waals surface area contributed by atoms with Crippen molar-refractivity contribution in [1.29, 1.82) is 0 Å². The Morgan fingerprint density at radius 2 is 0.464 bits per heavy atom. The standard InChI is InChI=1S/Cl12H4O8Si8/c1-21(2,3)25(13)17-26(14,22(4,5)6)19-28(16,24(10,11)12)20-27(15,18-25)23(7,8)9/h13-16H. The van der Waals surface area contributed by atoms with Gasteiger partial charge < -0.3 is 35.6 Å². The van der Waals surface area contributed by atoms with Gasteiger partial charge in [0.2, 0.25) is 0 Å². The van der Waals surface area contributed by atoms with Crippen LogP contribution in [0, 0.1) is 0 Å². The van der Waals surface area contributed by atoms with E-state index in [1.807, 2.05) is 0 Å². The van der Waals surface area contributed by atoms with E-state index in [-0.39, 0.29) is 0 Å². The molecular weight excluding hydrogens is 778 g/mol. The Balaban J connectivity index is 3.80. The van der Waals surface area contributed by atoms with Crippen molar-refractivity contribution in [3.63, 3.8) is 0 Å². The fraction of sp³-hybridized carbons (Fsp3) is 0. The van der Waals surface area contributed by atoms with Gasteiger partial charge >= 0.3 is 55.4 Å². The third-order valence-corrected chi connectivity index (χ3v) is 56.0. The highest BCUT2D eigenvalue weighted by Crippen LogP contribution is 2.47. The van der Waals surface area contributed by atoms with E-state index in [0.717, 1.165) is 0 Å². The summed E-state index contributed by atoms with van der Waals surface area (Å²) in [5.74, 6) is 0. The van der Waals surface area contributed by atoms with E-state index < -0.39 is 55.4 Å². The minimum Gasteiger partial charge on any atom is -0.391 e. The Kier molecular flexibility index (Phi) is 10.4. The highest BCUT2D eigenvalue weighted by atomic mass is 35.9. The molecule has 0 unspecified atom stereocenters. The summed E-state index contributed by atoms with van der Waals surface area (Å²) >= 11 is 69.5. The number of rotatable bonds is 4. The predicted molar refractivity (Wildman–Crippen MR) is 129 cm³/mol. The van der Waals surface area contributed by atoms with Crippen molar-refractivity contribution >= 4 is 188 Å². The summed E-state index contributed by atoms with van der Waals surface area (Å²) < 4.78 is 20.1. The normalized spacial score (nSPS) is 39.4. The van der Waals surface area contributed by atoms with Gasteiger partial charge in [-0.15, -0.1) is 133 Å². The molecule has 0 spiro atoms. The van der Waals surface area contributed by atoms with Crippen LogP contribution in [-0.2, 0) is 16.5 Å². The zero-order valence-electron chi connectivity index (χ0n) is 12.0. The molecule has 0 amide bonds. The summed E-state index contributed by atoms with van der Waals surface area (Å²) in [6, 6.07) is 0. The Morgan fingerprint density at radius 3 is 0.536 bits per heavy atom. The molecule has 28 heteroatoms. The van der Waals surface area contributed by atoms with Crippen LogP contribution in [0.3, 0.4) is 0 Å². The van der Waals surface area contributed by atoms with Crippen LogP contribution in [0.15, 0.2) is 0 Å². The van der Waals surface area contributed by atoms with Crippen LogP contribution in [-0.4, -0.2) is 74.6 Å². The number of halogens is 12. The maximum Gasteiger partial charge on any atom is 0.509 e. The smallest absolute Gasteiger partial charge is 0.391 e. The monoisotopic (exact) mass is 775 g/mol. The average Bonchev–Trinajstić information content (AvgIpc) is 2.30. The molecule has 0 aromatic heterocycles. The van der Waals surface area contributed by atoms with Crippen LogP contribution in [0.2, 0.25) is 0 Å². The zero-order valence-corrected chi connectivity index (χ0v) is 29.0. The quantitative estimate of drug-likeness (QED) is 0.255. The molecule has 1 fully saturated rings. The first-order valence-electron chi connectivity index (χ1n) is 5.80. The van der Waals surface area contributed by atoms with E-state index >= 15 is 0 Å². The predicted octanol–water partition coefficient (Wildman–Crippen LogP) is 2.73. The SMILES string of the molecule is O[Si]1([Si](Cl)(Cl)Cl)O[Si](O)([Si](Cl)(Cl)Cl)O[Si](O)([Si](Cl)(Cl)Cl)O[Si](O)([Si](Cl)(Cl)Cl)O1. The first kappa shape index (κ1) is 30.9. The Hall–Kier alpha value is 4.90. The second-order valence-electron chi connectivity index (χ2n) is 4.73. The van der Waals surface area contributed by atoms with Gasteiger partial charge in [0.05, 0.1) is 0 Å². The Bertz CT molecular complexity index is 478. The van der Waals surface area contributed by atoms with E-state index in [1.165, 1.54) is 0 Å². The molecule has 168 valence electrons. The van der Waals surface area contributed by atoms with E-state index in [2.05, 4.69) is 0 Å². The summed E-state index contributed by atoms with van der Waals surface area (Å²) in [7, 11) is -21.5. The van der Waals surface area contributed by atoms with Gasteiger partial charge in [-0.3, -0.25) is 0 Å². The zero-order chi connectivity index (χ0) is 22.8. The minimum absolute atomic E-state index is 4.57. The van der Waals surface area contributed by atoms with Crippen molar-refractivity contribution < 1.29 is 35.6 Å². The van der Waals surface area contributed by atoms with Crippen LogP contribution in [0.5, 0.6) is 0 Å². The molecule has 1 aliphatic rings. The van der Waals surface area contributed by atoms with E-state index in [4.69, 9.17) is 149 Å². The molecule has 0 bridgehead atoms. The molecule has 0 aromatic rings. The second-order valence-corrected chi connectivity index (χ2v) is 72.0. The van der Waals surface area contributed by atoms with Crippen molar-refractivity contribution in [1.82, 2.24) is 0 Å². The molecule has 1 saturated heterocycles. The topological polar surface area (TPSA) is 118 Å². The number of hydrogen-bond donors (Lipinski definition) is 4. The number of hydrogen-bond acceptors (Lipinski definition) is 8. The van der Waals surface area contributed by atoms with E-state index in [0.29, 0.717) is 0 Å². The van der Waals surface area contributed by atoms with Crippen molar-refractivity contribution in [2.75, 3.05) is 0 Å². The van der Waals surface area contributed by atoms with Crippen LogP contribution in [0.4, 0.5) is 0 Å². The van der Waals surface area contributed by atoms with Crippen LogP contribution in [0.25, 0.3) is 0 Å². The highest BCUT2D eigenvalue weighted by molar-refractivity contribution is 7.93. The van der Waals surface area contributed by atoms with E-state index in [1.54, 1.807) is 0 Å². The lowest BCUT2D eigenvalue weighted by molar-refractivity contribution is 0.106. The molecule has 0 aliphatic carbocycles. The maximum atomic E-state index is 10.8. The maximum absolute atomic E-state index is 10.8. The van der Waals surface area contributed by atoms with E-state index in [9.17, 15) is 19.2 Å². The van der Waals surface area contributed by atoms with Gasteiger partial charge in [0.1, 0.15) is 0 Å². The molecule has 0 radical (unpaired) electrons. The van der Waals surface area contributed by atoms with Gasteiger partial charge in [0.25, 0.3) is 0 Å². The van der Waals surface area contributed by atoms with Crippen molar-refractivity contribution in [3.05, 3.63) is 0 Å². The lowest BCUT2D eigenvalue weighted by atomic mass is 15.6. The molecule has 28 heavy (non-hydrogen) atoms. The minimum atomic E-state index is -5.36. The Labute approximate surface area is 221 Å². The highest BCUT2D eigenvalue weighted by Gasteiger charge is 2.83. The summed E-state index contributed by atoms with van der Waals surface area (Å²) in [6.07, 6.45) is 0. The molecule has 4 N–H and O–H groups in total. The fourth-order valence-electron chi connectivity index (χ4n) is 1.30. The first-order valence-corrected chi connectivity index (χ1v) is 37.0. The van der Waals surface area contributed by atoms with Crippen LogP contribution >= 0.6 is 133 Å².